The minimum Gasteiger partial charge on any atom is -0.497 e. The normalized spacial score (nSPS) is 10.5. The summed E-state index contributed by atoms with van der Waals surface area (Å²) in [6.07, 6.45) is 1.56. The van der Waals surface area contributed by atoms with Crippen molar-refractivity contribution in [3.8, 4) is 5.75 Å². The molecule has 2 rings (SSSR count). The number of benzene rings is 2. The van der Waals surface area contributed by atoms with Gasteiger partial charge in [0.1, 0.15) is 5.75 Å². The number of methoxy groups -OCH3 is 1. The third kappa shape index (κ3) is 4.79. The number of amides is 1. The molecule has 6 heteroatoms. The minimum atomic E-state index is -0.260. The van der Waals surface area contributed by atoms with Gasteiger partial charge in [-0.25, -0.2) is 5.43 Å². The molecular weight excluding hydrogens is 302 g/mol. The molecule has 0 aliphatic carbocycles. The van der Waals surface area contributed by atoms with Crippen LogP contribution in [0.2, 0.25) is 5.02 Å². The molecule has 0 bridgehead atoms. The largest absolute Gasteiger partial charge is 0.497 e. The monoisotopic (exact) mass is 317 g/mol. The number of para-hydroxylation sites is 1. The second kappa shape index (κ2) is 8.05. The van der Waals surface area contributed by atoms with E-state index in [0.717, 1.165) is 11.3 Å². The number of carbonyl (C=O) groups is 1. The zero-order chi connectivity index (χ0) is 15.8. The number of nitrogens with one attached hydrogen (secondary N) is 2. The first-order chi connectivity index (χ1) is 10.7. The highest BCUT2D eigenvalue weighted by Gasteiger charge is 2.02. The molecule has 2 aromatic rings. The van der Waals surface area contributed by atoms with E-state index in [2.05, 4.69) is 15.8 Å². The Balaban J connectivity index is 1.79. The van der Waals surface area contributed by atoms with Crippen LogP contribution in [-0.4, -0.2) is 25.8 Å². The van der Waals surface area contributed by atoms with Crippen molar-refractivity contribution in [3.05, 3.63) is 59.1 Å². The Kier molecular flexibility index (Phi) is 5.80. The van der Waals surface area contributed by atoms with Gasteiger partial charge in [0.25, 0.3) is 5.91 Å². The van der Waals surface area contributed by atoms with Crippen molar-refractivity contribution >= 4 is 29.4 Å². The molecule has 2 aromatic carbocycles. The Bertz CT molecular complexity index is 657. The van der Waals surface area contributed by atoms with Crippen LogP contribution in [0.25, 0.3) is 0 Å². The van der Waals surface area contributed by atoms with Crippen molar-refractivity contribution in [1.82, 2.24) is 5.43 Å². The van der Waals surface area contributed by atoms with Crippen LogP contribution in [0, 0.1) is 0 Å². The van der Waals surface area contributed by atoms with Gasteiger partial charge in [-0.1, -0.05) is 23.7 Å². The number of rotatable bonds is 6. The summed E-state index contributed by atoms with van der Waals surface area (Å²) in [6, 6.07) is 14.6. The summed E-state index contributed by atoms with van der Waals surface area (Å²) in [5.74, 6) is 0.509. The van der Waals surface area contributed by atoms with Gasteiger partial charge in [0.05, 0.1) is 30.6 Å². The minimum absolute atomic E-state index is 0.0870. The lowest BCUT2D eigenvalue weighted by Gasteiger charge is -2.06. The number of halogens is 1. The summed E-state index contributed by atoms with van der Waals surface area (Å²) in [6.45, 7) is 0.0870. The number of hydrogen-bond donors (Lipinski definition) is 2. The van der Waals surface area contributed by atoms with Crippen LogP contribution in [-0.2, 0) is 4.79 Å². The van der Waals surface area contributed by atoms with Crippen LogP contribution in [0.4, 0.5) is 5.69 Å². The lowest BCUT2D eigenvalue weighted by molar-refractivity contribution is -0.119. The predicted molar refractivity (Wildman–Crippen MR) is 88.7 cm³/mol. The SMILES string of the molecule is COc1ccc(/C=N\NC(=O)CNc2ccccc2Cl)cc1. The van der Waals surface area contributed by atoms with Gasteiger partial charge in [0, 0.05) is 0 Å². The maximum atomic E-state index is 11.7. The average molecular weight is 318 g/mol. The number of carbonyl (C=O) groups excluding carboxylic acids is 1. The van der Waals surface area contributed by atoms with Crippen LogP contribution in [0.5, 0.6) is 5.75 Å². The third-order valence-corrected chi connectivity index (χ3v) is 3.16. The Hall–Kier alpha value is -2.53. The molecule has 2 N–H and O–H groups in total. The van der Waals surface area contributed by atoms with E-state index in [0.29, 0.717) is 10.7 Å². The van der Waals surface area contributed by atoms with E-state index in [1.165, 1.54) is 0 Å². The van der Waals surface area contributed by atoms with Crippen LogP contribution in [0.15, 0.2) is 53.6 Å². The molecule has 0 fully saturated rings. The van der Waals surface area contributed by atoms with Gasteiger partial charge in [-0.05, 0) is 42.0 Å². The molecular formula is C16H16ClN3O2. The van der Waals surface area contributed by atoms with Gasteiger partial charge in [0.2, 0.25) is 0 Å². The molecule has 0 aromatic heterocycles. The molecule has 0 saturated heterocycles. The Morgan fingerprint density at radius 3 is 2.64 bits per heavy atom. The fraction of sp³-hybridized carbons (Fsp3) is 0.125. The number of hydrogen-bond acceptors (Lipinski definition) is 4. The van der Waals surface area contributed by atoms with E-state index in [9.17, 15) is 4.79 Å². The Labute approximate surface area is 133 Å². The van der Waals surface area contributed by atoms with E-state index < -0.39 is 0 Å². The van der Waals surface area contributed by atoms with Gasteiger partial charge >= 0.3 is 0 Å². The van der Waals surface area contributed by atoms with Gasteiger partial charge in [-0.3, -0.25) is 4.79 Å². The lowest BCUT2D eigenvalue weighted by atomic mass is 10.2. The first-order valence-electron chi connectivity index (χ1n) is 6.63. The van der Waals surface area contributed by atoms with Crippen molar-refractivity contribution < 1.29 is 9.53 Å². The number of hydrazone groups is 1. The quantitative estimate of drug-likeness (QED) is 0.636. The summed E-state index contributed by atoms with van der Waals surface area (Å²) >= 11 is 5.98. The Morgan fingerprint density at radius 1 is 1.23 bits per heavy atom. The maximum absolute atomic E-state index is 11.7. The maximum Gasteiger partial charge on any atom is 0.259 e. The van der Waals surface area contributed by atoms with Crippen molar-refractivity contribution in [2.45, 2.75) is 0 Å². The molecule has 0 aliphatic heterocycles. The third-order valence-electron chi connectivity index (χ3n) is 2.83. The van der Waals surface area contributed by atoms with E-state index in [1.807, 2.05) is 36.4 Å². The molecule has 114 valence electrons. The molecule has 1 amide bonds. The van der Waals surface area contributed by atoms with Crippen molar-refractivity contribution in [1.29, 1.82) is 0 Å². The van der Waals surface area contributed by atoms with Gasteiger partial charge in [0.15, 0.2) is 0 Å². The summed E-state index contributed by atoms with van der Waals surface area (Å²) in [4.78, 5) is 11.7. The van der Waals surface area contributed by atoms with Crippen LogP contribution < -0.4 is 15.5 Å². The van der Waals surface area contributed by atoms with Crippen LogP contribution in [0.3, 0.4) is 0 Å². The average Bonchev–Trinajstić information content (AvgIpc) is 2.55. The van der Waals surface area contributed by atoms with E-state index in [1.54, 1.807) is 25.5 Å². The van der Waals surface area contributed by atoms with Crippen LogP contribution >= 0.6 is 11.6 Å². The number of anilines is 1. The van der Waals surface area contributed by atoms with Crippen LogP contribution in [0.1, 0.15) is 5.56 Å². The second-order valence-electron chi connectivity index (χ2n) is 4.40. The second-order valence-corrected chi connectivity index (χ2v) is 4.81. The van der Waals surface area contributed by atoms with Crippen molar-refractivity contribution in [2.24, 2.45) is 5.10 Å². The summed E-state index contributed by atoms with van der Waals surface area (Å²) in [5.41, 5.74) is 4.01. The van der Waals surface area contributed by atoms with Gasteiger partial charge < -0.3 is 10.1 Å². The predicted octanol–water partition coefficient (Wildman–Crippen LogP) is 2.91. The van der Waals surface area contributed by atoms with E-state index >= 15 is 0 Å². The van der Waals surface area contributed by atoms with Gasteiger partial charge in [-0.2, -0.15) is 5.10 Å². The van der Waals surface area contributed by atoms with Crippen molar-refractivity contribution in [2.75, 3.05) is 19.0 Å². The van der Waals surface area contributed by atoms with Crippen molar-refractivity contribution in [3.63, 3.8) is 0 Å². The lowest BCUT2D eigenvalue weighted by Crippen LogP contribution is -2.25. The zero-order valence-corrected chi connectivity index (χ0v) is 12.8. The summed E-state index contributed by atoms with van der Waals surface area (Å²) < 4.78 is 5.06. The molecule has 0 radical (unpaired) electrons. The first-order valence-corrected chi connectivity index (χ1v) is 7.01. The standard InChI is InChI=1S/C16H16ClN3O2/c1-22-13-8-6-12(7-9-13)10-19-20-16(21)11-18-15-5-3-2-4-14(15)17/h2-10,18H,11H2,1H3,(H,20,21)/b19-10-. The summed E-state index contributed by atoms with van der Waals surface area (Å²) in [5, 5.41) is 7.40. The molecule has 0 aliphatic rings. The molecule has 0 unspecified atom stereocenters. The number of ether oxygens (including phenoxy) is 1. The zero-order valence-electron chi connectivity index (χ0n) is 12.0. The highest BCUT2D eigenvalue weighted by atomic mass is 35.5. The molecule has 0 saturated carbocycles. The highest BCUT2D eigenvalue weighted by molar-refractivity contribution is 6.33. The van der Waals surface area contributed by atoms with E-state index in [4.69, 9.17) is 16.3 Å². The van der Waals surface area contributed by atoms with Gasteiger partial charge in [-0.15, -0.1) is 0 Å². The fourth-order valence-corrected chi connectivity index (χ4v) is 1.89. The smallest absolute Gasteiger partial charge is 0.259 e. The first kappa shape index (κ1) is 15.9. The topological polar surface area (TPSA) is 62.7 Å². The molecule has 0 atom stereocenters. The highest BCUT2D eigenvalue weighted by Crippen LogP contribution is 2.19. The molecule has 0 spiro atoms. The summed E-state index contributed by atoms with van der Waals surface area (Å²) in [7, 11) is 1.61. The fourth-order valence-electron chi connectivity index (χ4n) is 1.69. The molecule has 0 heterocycles. The Morgan fingerprint density at radius 2 is 1.95 bits per heavy atom. The number of nitrogens with zero attached hydrogens (tertiary/aromatic N) is 1. The van der Waals surface area contributed by atoms with E-state index in [-0.39, 0.29) is 12.5 Å². The molecule has 22 heavy (non-hydrogen) atoms. The molecule has 5 nitrogen and oxygen atoms in total.